The molecule has 1 aliphatic carbocycles. The van der Waals surface area contributed by atoms with Crippen LogP contribution >= 0.6 is 11.8 Å². The van der Waals surface area contributed by atoms with E-state index in [4.69, 9.17) is 14.7 Å². The third-order valence-electron chi connectivity index (χ3n) is 4.36. The fraction of sp³-hybridized carbons (Fsp3) is 0.750. The molecule has 0 bridgehead atoms. The van der Waals surface area contributed by atoms with E-state index in [1.54, 1.807) is 0 Å². The molecule has 21 heavy (non-hydrogen) atoms. The number of ether oxygens (including phenoxy) is 1. The van der Waals surface area contributed by atoms with E-state index in [0.29, 0.717) is 0 Å². The number of aromatic nitrogens is 2. The van der Waals surface area contributed by atoms with Gasteiger partial charge in [-0.15, -0.1) is 0 Å². The molecule has 2 aliphatic rings. The van der Waals surface area contributed by atoms with Crippen LogP contribution in [-0.4, -0.2) is 23.1 Å². The summed E-state index contributed by atoms with van der Waals surface area (Å²) >= 11 is 1.93. The Morgan fingerprint density at radius 2 is 2.00 bits per heavy atom. The summed E-state index contributed by atoms with van der Waals surface area (Å²) in [7, 11) is 0. The van der Waals surface area contributed by atoms with Crippen LogP contribution in [0.15, 0.2) is 0 Å². The standard InChI is InChI=1S/C16H25N3OS/c1-3-9-17-14-12-10-21-11-13(12)18-15(19-14)16(20-4-2)7-5-6-8-16/h3-11H2,1-2H3,(H,17,18,19). The minimum absolute atomic E-state index is 0.236. The molecule has 2 heterocycles. The zero-order valence-electron chi connectivity index (χ0n) is 13.1. The molecule has 116 valence electrons. The van der Waals surface area contributed by atoms with E-state index in [1.807, 2.05) is 11.8 Å². The third-order valence-corrected chi connectivity index (χ3v) is 5.33. The van der Waals surface area contributed by atoms with E-state index in [2.05, 4.69) is 19.2 Å². The van der Waals surface area contributed by atoms with E-state index in [9.17, 15) is 0 Å². The Morgan fingerprint density at radius 1 is 1.19 bits per heavy atom. The van der Waals surface area contributed by atoms with Gasteiger partial charge in [0.2, 0.25) is 0 Å². The van der Waals surface area contributed by atoms with Crippen LogP contribution in [0.4, 0.5) is 5.82 Å². The van der Waals surface area contributed by atoms with Gasteiger partial charge >= 0.3 is 0 Å². The van der Waals surface area contributed by atoms with Crippen molar-refractivity contribution in [2.75, 3.05) is 18.5 Å². The highest BCUT2D eigenvalue weighted by Gasteiger charge is 2.40. The first-order chi connectivity index (χ1) is 10.3. The maximum atomic E-state index is 6.14. The van der Waals surface area contributed by atoms with Crippen molar-refractivity contribution in [3.05, 3.63) is 17.1 Å². The average molecular weight is 307 g/mol. The zero-order valence-corrected chi connectivity index (χ0v) is 13.9. The highest BCUT2D eigenvalue weighted by Crippen LogP contribution is 2.42. The van der Waals surface area contributed by atoms with Crippen LogP contribution in [0.25, 0.3) is 0 Å². The minimum atomic E-state index is -0.236. The Balaban J connectivity index is 1.98. The summed E-state index contributed by atoms with van der Waals surface area (Å²) in [5, 5.41) is 3.50. The second kappa shape index (κ2) is 6.53. The second-order valence-corrected chi connectivity index (χ2v) is 6.86. The van der Waals surface area contributed by atoms with Crippen LogP contribution < -0.4 is 5.32 Å². The molecule has 5 heteroatoms. The van der Waals surface area contributed by atoms with E-state index in [-0.39, 0.29) is 5.60 Å². The van der Waals surface area contributed by atoms with Gasteiger partial charge < -0.3 is 10.1 Å². The Kier molecular flexibility index (Phi) is 4.69. The fourth-order valence-corrected chi connectivity index (χ4v) is 4.34. The maximum Gasteiger partial charge on any atom is 0.162 e. The smallest absolute Gasteiger partial charge is 0.162 e. The zero-order chi connectivity index (χ0) is 14.7. The Hall–Kier alpha value is -0.810. The van der Waals surface area contributed by atoms with Gasteiger partial charge in [0.05, 0.1) is 5.69 Å². The van der Waals surface area contributed by atoms with Crippen molar-refractivity contribution >= 4 is 17.6 Å². The second-order valence-electron chi connectivity index (χ2n) is 5.88. The van der Waals surface area contributed by atoms with Crippen molar-refractivity contribution in [3.63, 3.8) is 0 Å². The van der Waals surface area contributed by atoms with Gasteiger partial charge in [0.25, 0.3) is 0 Å². The lowest BCUT2D eigenvalue weighted by molar-refractivity contribution is -0.0457. The minimum Gasteiger partial charge on any atom is -0.370 e. The molecule has 0 unspecified atom stereocenters. The van der Waals surface area contributed by atoms with Crippen LogP contribution in [0.5, 0.6) is 0 Å². The van der Waals surface area contributed by atoms with E-state index < -0.39 is 0 Å². The first-order valence-electron chi connectivity index (χ1n) is 8.15. The molecule has 1 aromatic rings. The predicted octanol–water partition coefficient (Wildman–Crippen LogP) is 3.85. The molecule has 0 amide bonds. The average Bonchev–Trinajstić information content (AvgIpc) is 3.14. The molecule has 0 radical (unpaired) electrons. The quantitative estimate of drug-likeness (QED) is 0.865. The first-order valence-corrected chi connectivity index (χ1v) is 9.30. The Morgan fingerprint density at radius 3 is 2.71 bits per heavy atom. The van der Waals surface area contributed by atoms with Crippen LogP contribution in [0.3, 0.4) is 0 Å². The summed E-state index contributed by atoms with van der Waals surface area (Å²) in [6, 6.07) is 0. The largest absolute Gasteiger partial charge is 0.370 e. The maximum absolute atomic E-state index is 6.14. The van der Waals surface area contributed by atoms with Crippen molar-refractivity contribution in [1.82, 2.24) is 9.97 Å². The summed E-state index contributed by atoms with van der Waals surface area (Å²) < 4.78 is 6.14. The molecule has 1 saturated carbocycles. The lowest BCUT2D eigenvalue weighted by Crippen LogP contribution is -2.30. The third kappa shape index (κ3) is 2.90. The summed E-state index contributed by atoms with van der Waals surface area (Å²) in [6.07, 6.45) is 5.65. The molecule has 1 N–H and O–H groups in total. The van der Waals surface area contributed by atoms with Crippen molar-refractivity contribution in [1.29, 1.82) is 0 Å². The van der Waals surface area contributed by atoms with Crippen LogP contribution in [-0.2, 0) is 21.8 Å². The summed E-state index contributed by atoms with van der Waals surface area (Å²) in [5.41, 5.74) is 2.29. The highest BCUT2D eigenvalue weighted by atomic mass is 32.2. The number of anilines is 1. The van der Waals surface area contributed by atoms with E-state index in [1.165, 1.54) is 24.1 Å². The number of hydrogen-bond donors (Lipinski definition) is 1. The number of hydrogen-bond acceptors (Lipinski definition) is 5. The van der Waals surface area contributed by atoms with Crippen LogP contribution in [0.2, 0.25) is 0 Å². The van der Waals surface area contributed by atoms with Crippen molar-refractivity contribution < 1.29 is 4.74 Å². The number of nitrogens with zero attached hydrogens (tertiary/aromatic N) is 2. The van der Waals surface area contributed by atoms with Crippen molar-refractivity contribution in [2.45, 2.75) is 63.1 Å². The van der Waals surface area contributed by atoms with Gasteiger partial charge in [-0.2, -0.15) is 11.8 Å². The van der Waals surface area contributed by atoms with Gasteiger partial charge in [-0.1, -0.05) is 6.92 Å². The number of nitrogens with one attached hydrogen (secondary N) is 1. The van der Waals surface area contributed by atoms with Crippen molar-refractivity contribution in [2.24, 2.45) is 0 Å². The topological polar surface area (TPSA) is 47.0 Å². The molecule has 4 nitrogen and oxygen atoms in total. The molecule has 1 aromatic heterocycles. The lowest BCUT2D eigenvalue weighted by Gasteiger charge is -2.28. The lowest BCUT2D eigenvalue weighted by atomic mass is 10.0. The predicted molar refractivity (Wildman–Crippen MR) is 87.6 cm³/mol. The number of thioether (sulfide) groups is 1. The molecule has 0 atom stereocenters. The normalized spacial score (nSPS) is 19.7. The molecule has 1 aliphatic heterocycles. The summed E-state index contributed by atoms with van der Waals surface area (Å²) in [4.78, 5) is 9.79. The molecule has 3 rings (SSSR count). The monoisotopic (exact) mass is 307 g/mol. The van der Waals surface area contributed by atoms with Crippen LogP contribution in [0, 0.1) is 0 Å². The van der Waals surface area contributed by atoms with Crippen LogP contribution in [0.1, 0.15) is 63.0 Å². The number of rotatable bonds is 6. The summed E-state index contributed by atoms with van der Waals surface area (Å²) in [6.45, 7) is 5.95. The molecule has 1 fully saturated rings. The molecule has 0 aromatic carbocycles. The Bertz CT molecular complexity index is 501. The van der Waals surface area contributed by atoms with E-state index in [0.717, 1.165) is 55.6 Å². The van der Waals surface area contributed by atoms with Gasteiger partial charge in [-0.25, -0.2) is 9.97 Å². The summed E-state index contributed by atoms with van der Waals surface area (Å²) in [5.74, 6) is 4.01. The van der Waals surface area contributed by atoms with Gasteiger partial charge in [0.1, 0.15) is 11.4 Å². The fourth-order valence-electron chi connectivity index (χ4n) is 3.30. The molecular formula is C16H25N3OS. The first kappa shape index (κ1) is 15.1. The van der Waals surface area contributed by atoms with Gasteiger partial charge in [0.15, 0.2) is 5.82 Å². The number of fused-ring (bicyclic) bond motifs is 1. The Labute approximate surface area is 131 Å². The van der Waals surface area contributed by atoms with Crippen molar-refractivity contribution in [3.8, 4) is 0 Å². The SMILES string of the molecule is CCCNc1nc(C2(OCC)CCCC2)nc2c1CSC2. The highest BCUT2D eigenvalue weighted by molar-refractivity contribution is 7.98. The van der Waals surface area contributed by atoms with Gasteiger partial charge in [0, 0.05) is 30.2 Å². The van der Waals surface area contributed by atoms with Gasteiger partial charge in [-0.3, -0.25) is 0 Å². The molecule has 0 spiro atoms. The van der Waals surface area contributed by atoms with E-state index >= 15 is 0 Å². The van der Waals surface area contributed by atoms with Gasteiger partial charge in [-0.05, 0) is 39.0 Å². The molecular weight excluding hydrogens is 282 g/mol. The molecule has 0 saturated heterocycles.